The highest BCUT2D eigenvalue weighted by Crippen LogP contribution is 2.30. The van der Waals surface area contributed by atoms with Crippen LogP contribution in [0.4, 0.5) is 5.69 Å². The van der Waals surface area contributed by atoms with Crippen molar-refractivity contribution in [1.82, 2.24) is 10.3 Å². The van der Waals surface area contributed by atoms with E-state index in [0.29, 0.717) is 5.11 Å². The molecule has 1 aromatic heterocycles. The van der Waals surface area contributed by atoms with Crippen LogP contribution in [0, 0.1) is 0 Å². The van der Waals surface area contributed by atoms with Crippen LogP contribution in [0.1, 0.15) is 19.8 Å². The highest BCUT2D eigenvalue weighted by molar-refractivity contribution is 7.80. The molecule has 1 heterocycles. The number of fused-ring (bicyclic) bond motifs is 2. The largest absolute Gasteiger partial charge is 0.362 e. The Hall–Kier alpha value is -2.20. The van der Waals surface area contributed by atoms with Gasteiger partial charge in [-0.2, -0.15) is 0 Å². The van der Waals surface area contributed by atoms with E-state index in [9.17, 15) is 0 Å². The first-order chi connectivity index (χ1) is 10.8. The van der Waals surface area contributed by atoms with E-state index < -0.39 is 0 Å². The molecule has 0 radical (unpaired) electrons. The summed E-state index contributed by atoms with van der Waals surface area (Å²) in [5.74, 6) is 0. The number of hydrogen-bond donors (Lipinski definition) is 2. The van der Waals surface area contributed by atoms with Gasteiger partial charge in [0.15, 0.2) is 5.11 Å². The molecule has 0 spiro atoms. The summed E-state index contributed by atoms with van der Waals surface area (Å²) in [5, 5.41) is 9.46. The maximum absolute atomic E-state index is 5.43. The average Bonchev–Trinajstić information content (AvgIpc) is 2.55. The Bertz CT molecular complexity index is 760. The molecule has 0 atom stereocenters. The SMILES string of the molecule is CCCCNC(=S)Nc1c2ccccc2nc2ccccc12. The molecule has 3 aromatic rings. The summed E-state index contributed by atoms with van der Waals surface area (Å²) < 4.78 is 0. The molecule has 3 rings (SSSR count). The van der Waals surface area contributed by atoms with E-state index in [1.54, 1.807) is 0 Å². The molecule has 0 aliphatic heterocycles. The fraction of sp³-hybridized carbons (Fsp3) is 0.222. The Labute approximate surface area is 135 Å². The standard InChI is InChI=1S/C18H19N3S/c1-2-3-12-19-18(22)21-17-13-8-4-6-10-15(13)20-16-11-7-5-9-14(16)17/h4-11H,2-3,12H2,1H3,(H2,19,20,21,22). The molecular formula is C18H19N3S. The van der Waals surface area contributed by atoms with Gasteiger partial charge in [-0.05, 0) is 30.8 Å². The van der Waals surface area contributed by atoms with Crippen LogP contribution in [0.5, 0.6) is 0 Å². The van der Waals surface area contributed by atoms with Crippen molar-refractivity contribution in [3.8, 4) is 0 Å². The molecular weight excluding hydrogens is 290 g/mol. The van der Waals surface area contributed by atoms with Gasteiger partial charge in [0.1, 0.15) is 0 Å². The van der Waals surface area contributed by atoms with Crippen LogP contribution in [0.15, 0.2) is 48.5 Å². The fourth-order valence-electron chi connectivity index (χ4n) is 2.51. The zero-order valence-corrected chi connectivity index (χ0v) is 13.4. The Balaban J connectivity index is 2.02. The summed E-state index contributed by atoms with van der Waals surface area (Å²) in [7, 11) is 0. The monoisotopic (exact) mass is 309 g/mol. The maximum Gasteiger partial charge on any atom is 0.170 e. The molecule has 0 aliphatic rings. The Morgan fingerprint density at radius 1 is 1.00 bits per heavy atom. The van der Waals surface area contributed by atoms with Gasteiger partial charge in [-0.25, -0.2) is 4.98 Å². The molecule has 0 aliphatic carbocycles. The molecule has 22 heavy (non-hydrogen) atoms. The number of hydrogen-bond acceptors (Lipinski definition) is 2. The third-order valence-electron chi connectivity index (χ3n) is 3.64. The lowest BCUT2D eigenvalue weighted by atomic mass is 10.1. The van der Waals surface area contributed by atoms with Crippen molar-refractivity contribution in [3.63, 3.8) is 0 Å². The van der Waals surface area contributed by atoms with Gasteiger partial charge in [0.2, 0.25) is 0 Å². The normalized spacial score (nSPS) is 10.8. The predicted octanol–water partition coefficient (Wildman–Crippen LogP) is 4.47. The van der Waals surface area contributed by atoms with Crippen molar-refractivity contribution in [2.24, 2.45) is 0 Å². The van der Waals surface area contributed by atoms with Gasteiger partial charge in [0.25, 0.3) is 0 Å². The van der Waals surface area contributed by atoms with Crippen molar-refractivity contribution in [1.29, 1.82) is 0 Å². The lowest BCUT2D eigenvalue weighted by Gasteiger charge is -2.14. The molecule has 3 nitrogen and oxygen atoms in total. The van der Waals surface area contributed by atoms with Crippen LogP contribution in [-0.2, 0) is 0 Å². The van der Waals surface area contributed by atoms with Crippen molar-refractivity contribution in [2.75, 3.05) is 11.9 Å². The van der Waals surface area contributed by atoms with Gasteiger partial charge in [0, 0.05) is 17.3 Å². The van der Waals surface area contributed by atoms with Crippen molar-refractivity contribution >= 4 is 44.8 Å². The second kappa shape index (κ2) is 6.71. The predicted molar refractivity (Wildman–Crippen MR) is 98.4 cm³/mol. The summed E-state index contributed by atoms with van der Waals surface area (Å²) in [4.78, 5) is 4.72. The van der Waals surface area contributed by atoms with Crippen molar-refractivity contribution in [3.05, 3.63) is 48.5 Å². The average molecular weight is 309 g/mol. The van der Waals surface area contributed by atoms with Crippen molar-refractivity contribution < 1.29 is 0 Å². The van der Waals surface area contributed by atoms with Crippen LogP contribution in [0.25, 0.3) is 21.8 Å². The lowest BCUT2D eigenvalue weighted by molar-refractivity contribution is 0.758. The van der Waals surface area contributed by atoms with Gasteiger partial charge < -0.3 is 10.6 Å². The number of benzene rings is 2. The molecule has 0 saturated heterocycles. The topological polar surface area (TPSA) is 37.0 Å². The zero-order valence-electron chi connectivity index (χ0n) is 12.6. The number of rotatable bonds is 4. The van der Waals surface area contributed by atoms with Crippen LogP contribution < -0.4 is 10.6 Å². The van der Waals surface area contributed by atoms with Gasteiger partial charge in [0.05, 0.1) is 16.7 Å². The van der Waals surface area contributed by atoms with E-state index in [1.807, 2.05) is 36.4 Å². The van der Waals surface area contributed by atoms with E-state index >= 15 is 0 Å². The van der Waals surface area contributed by atoms with Gasteiger partial charge >= 0.3 is 0 Å². The van der Waals surface area contributed by atoms with E-state index in [-0.39, 0.29) is 0 Å². The number of thiocarbonyl (C=S) groups is 1. The van der Waals surface area contributed by atoms with Crippen LogP contribution in [-0.4, -0.2) is 16.6 Å². The Kier molecular flexibility index (Phi) is 4.49. The third-order valence-corrected chi connectivity index (χ3v) is 3.89. The number of nitrogens with zero attached hydrogens (tertiary/aromatic N) is 1. The first-order valence-electron chi connectivity index (χ1n) is 7.62. The van der Waals surface area contributed by atoms with Crippen LogP contribution in [0.3, 0.4) is 0 Å². The summed E-state index contributed by atoms with van der Waals surface area (Å²) >= 11 is 5.43. The maximum atomic E-state index is 5.43. The molecule has 4 heteroatoms. The van der Waals surface area contributed by atoms with E-state index in [4.69, 9.17) is 17.2 Å². The van der Waals surface area contributed by atoms with Gasteiger partial charge in [-0.15, -0.1) is 0 Å². The minimum absolute atomic E-state index is 0.662. The number of aromatic nitrogens is 1. The quantitative estimate of drug-likeness (QED) is 0.423. The highest BCUT2D eigenvalue weighted by atomic mass is 32.1. The molecule has 0 amide bonds. The van der Waals surface area contributed by atoms with E-state index in [2.05, 4.69) is 29.7 Å². The number of anilines is 1. The minimum atomic E-state index is 0.662. The third kappa shape index (κ3) is 3.02. The molecule has 0 saturated carbocycles. The van der Waals surface area contributed by atoms with Crippen molar-refractivity contribution in [2.45, 2.75) is 19.8 Å². The number of nitrogens with one attached hydrogen (secondary N) is 2. The van der Waals surface area contributed by atoms with Crippen LogP contribution in [0.2, 0.25) is 0 Å². The number of para-hydroxylation sites is 2. The molecule has 0 bridgehead atoms. The van der Waals surface area contributed by atoms with Gasteiger partial charge in [-0.1, -0.05) is 49.7 Å². The Morgan fingerprint density at radius 2 is 1.59 bits per heavy atom. The molecule has 112 valence electrons. The number of pyridine rings is 1. The summed E-state index contributed by atoms with van der Waals surface area (Å²) in [6.07, 6.45) is 2.26. The first kappa shape index (κ1) is 14.7. The molecule has 2 aromatic carbocycles. The summed E-state index contributed by atoms with van der Waals surface area (Å²) in [5.41, 5.74) is 2.97. The van der Waals surface area contributed by atoms with Gasteiger partial charge in [-0.3, -0.25) is 0 Å². The summed E-state index contributed by atoms with van der Waals surface area (Å²) in [6, 6.07) is 16.3. The number of unbranched alkanes of at least 4 members (excludes halogenated alkanes) is 1. The second-order valence-electron chi connectivity index (χ2n) is 5.26. The fourth-order valence-corrected chi connectivity index (χ4v) is 2.72. The van der Waals surface area contributed by atoms with E-state index in [1.165, 1.54) is 0 Å². The first-order valence-corrected chi connectivity index (χ1v) is 8.02. The summed E-state index contributed by atoms with van der Waals surface area (Å²) in [6.45, 7) is 3.06. The second-order valence-corrected chi connectivity index (χ2v) is 5.66. The molecule has 0 unspecified atom stereocenters. The zero-order chi connectivity index (χ0) is 15.4. The van der Waals surface area contributed by atoms with Crippen LogP contribution >= 0.6 is 12.2 Å². The molecule has 2 N–H and O–H groups in total. The molecule has 0 fully saturated rings. The lowest BCUT2D eigenvalue weighted by Crippen LogP contribution is -2.29. The smallest absolute Gasteiger partial charge is 0.170 e. The van der Waals surface area contributed by atoms with E-state index in [0.717, 1.165) is 46.9 Å². The highest BCUT2D eigenvalue weighted by Gasteiger charge is 2.09. The Morgan fingerprint density at radius 3 is 2.18 bits per heavy atom. The minimum Gasteiger partial charge on any atom is -0.362 e.